The molecule has 76 valence electrons. The second-order valence-electron chi connectivity index (χ2n) is 2.71. The molecule has 0 aliphatic carbocycles. The van der Waals surface area contributed by atoms with Crippen molar-refractivity contribution in [1.29, 1.82) is 0 Å². The van der Waals surface area contributed by atoms with Crippen molar-refractivity contribution in [2.45, 2.75) is 12.5 Å². The summed E-state index contributed by atoms with van der Waals surface area (Å²) in [7, 11) is 1.25. The highest BCUT2D eigenvalue weighted by molar-refractivity contribution is 5.75. The summed E-state index contributed by atoms with van der Waals surface area (Å²) in [5.41, 5.74) is 5.20. The molecule has 0 aliphatic rings. The molecule has 14 heavy (non-hydrogen) atoms. The van der Waals surface area contributed by atoms with Crippen LogP contribution in [0.25, 0.3) is 0 Å². The molecule has 1 atom stereocenters. The van der Waals surface area contributed by atoms with Crippen molar-refractivity contribution in [3.05, 3.63) is 28.4 Å². The lowest BCUT2D eigenvalue weighted by Crippen LogP contribution is -2.34. The smallest absolute Gasteiger partial charge is 0.323 e. The van der Waals surface area contributed by atoms with Gasteiger partial charge in [-0.2, -0.15) is 0 Å². The average molecular weight is 197 g/mol. The Balaban J connectivity index is 2.69. The quantitative estimate of drug-likeness (QED) is 0.594. The molecule has 0 aromatic carbocycles. The summed E-state index contributed by atoms with van der Waals surface area (Å²) in [5.74, 6) is -0.160. The van der Waals surface area contributed by atoms with Crippen molar-refractivity contribution in [2.75, 3.05) is 7.11 Å². The molecule has 0 aliphatic heterocycles. The van der Waals surface area contributed by atoms with Gasteiger partial charge in [-0.25, -0.2) is 4.98 Å². The summed E-state index contributed by atoms with van der Waals surface area (Å²) in [6.45, 7) is 0. The largest absolute Gasteiger partial charge is 0.468 e. The van der Waals surface area contributed by atoms with Crippen LogP contribution in [-0.4, -0.2) is 29.1 Å². The van der Waals surface area contributed by atoms with Crippen LogP contribution < -0.4 is 11.3 Å². The van der Waals surface area contributed by atoms with Gasteiger partial charge in [0.25, 0.3) is 5.56 Å². The van der Waals surface area contributed by atoms with Crippen LogP contribution in [-0.2, 0) is 16.0 Å². The number of esters is 1. The normalized spacial score (nSPS) is 12.1. The predicted molar refractivity (Wildman–Crippen MR) is 48.6 cm³/mol. The summed E-state index contributed by atoms with van der Waals surface area (Å²) in [6, 6.07) is 0.484. The number of methoxy groups -OCH3 is 1. The van der Waals surface area contributed by atoms with Gasteiger partial charge in [-0.1, -0.05) is 0 Å². The van der Waals surface area contributed by atoms with Crippen molar-refractivity contribution < 1.29 is 9.53 Å². The summed E-state index contributed by atoms with van der Waals surface area (Å²) in [4.78, 5) is 28.1. The monoisotopic (exact) mass is 197 g/mol. The number of carbonyl (C=O) groups is 1. The first-order valence-corrected chi connectivity index (χ1v) is 4.01. The van der Waals surface area contributed by atoms with Crippen molar-refractivity contribution in [3.63, 3.8) is 0 Å². The average Bonchev–Trinajstić information content (AvgIpc) is 2.16. The Morgan fingerprint density at radius 3 is 3.07 bits per heavy atom. The number of hydrogen-bond donors (Lipinski definition) is 2. The van der Waals surface area contributed by atoms with E-state index in [2.05, 4.69) is 14.7 Å². The SMILES string of the molecule is COC(=O)C(N)Cc1nccc(=O)[nH]1. The predicted octanol–water partition coefficient (Wildman–Crippen LogP) is -1.19. The van der Waals surface area contributed by atoms with Gasteiger partial charge in [-0.05, 0) is 0 Å². The topological polar surface area (TPSA) is 98.1 Å². The third-order valence-electron chi connectivity index (χ3n) is 1.64. The van der Waals surface area contributed by atoms with Gasteiger partial charge in [0, 0.05) is 18.7 Å². The van der Waals surface area contributed by atoms with E-state index in [4.69, 9.17) is 5.73 Å². The third kappa shape index (κ3) is 2.67. The van der Waals surface area contributed by atoms with Crippen LogP contribution in [0.15, 0.2) is 17.1 Å². The van der Waals surface area contributed by atoms with Crippen LogP contribution in [0.5, 0.6) is 0 Å². The van der Waals surface area contributed by atoms with Gasteiger partial charge in [0.2, 0.25) is 0 Å². The number of rotatable bonds is 3. The Bertz CT molecular complexity index is 374. The zero-order chi connectivity index (χ0) is 10.6. The number of aromatic nitrogens is 2. The van der Waals surface area contributed by atoms with Crippen LogP contribution in [0.4, 0.5) is 0 Å². The first-order chi connectivity index (χ1) is 6.63. The van der Waals surface area contributed by atoms with E-state index < -0.39 is 12.0 Å². The van der Waals surface area contributed by atoms with E-state index in [-0.39, 0.29) is 12.0 Å². The van der Waals surface area contributed by atoms with E-state index in [9.17, 15) is 9.59 Å². The van der Waals surface area contributed by atoms with Crippen molar-refractivity contribution >= 4 is 5.97 Å². The molecule has 0 saturated heterocycles. The molecule has 6 heteroatoms. The molecule has 6 nitrogen and oxygen atoms in total. The van der Waals surface area contributed by atoms with Crippen LogP contribution in [0.1, 0.15) is 5.82 Å². The first kappa shape index (κ1) is 10.4. The van der Waals surface area contributed by atoms with Crippen molar-refractivity contribution in [3.8, 4) is 0 Å². The molecule has 1 aromatic rings. The van der Waals surface area contributed by atoms with E-state index in [0.29, 0.717) is 5.82 Å². The number of aromatic amines is 1. The summed E-state index contributed by atoms with van der Waals surface area (Å²) < 4.78 is 4.43. The molecule has 1 rings (SSSR count). The molecule has 0 amide bonds. The molecule has 1 heterocycles. The van der Waals surface area contributed by atoms with Gasteiger partial charge in [0.15, 0.2) is 0 Å². The number of H-pyrrole nitrogens is 1. The second kappa shape index (κ2) is 4.52. The Morgan fingerprint density at radius 1 is 1.79 bits per heavy atom. The minimum absolute atomic E-state index is 0.156. The fourth-order valence-corrected chi connectivity index (χ4v) is 0.958. The van der Waals surface area contributed by atoms with Gasteiger partial charge in [-0.15, -0.1) is 0 Å². The molecule has 0 saturated carbocycles. The summed E-state index contributed by atoms with van der Waals surface area (Å²) in [6.07, 6.45) is 1.51. The van der Waals surface area contributed by atoms with E-state index in [1.165, 1.54) is 19.4 Å². The van der Waals surface area contributed by atoms with Gasteiger partial charge >= 0.3 is 5.97 Å². The standard InChI is InChI=1S/C8H11N3O3/c1-14-8(13)5(9)4-6-10-3-2-7(12)11-6/h2-3,5H,4,9H2,1H3,(H,10,11,12). The van der Waals surface area contributed by atoms with Gasteiger partial charge in [0.1, 0.15) is 11.9 Å². The van der Waals surface area contributed by atoms with Crippen LogP contribution >= 0.6 is 0 Å². The molecule has 3 N–H and O–H groups in total. The van der Waals surface area contributed by atoms with Crippen LogP contribution in [0, 0.1) is 0 Å². The Kier molecular flexibility index (Phi) is 3.35. The van der Waals surface area contributed by atoms with Crippen LogP contribution in [0.2, 0.25) is 0 Å². The van der Waals surface area contributed by atoms with E-state index in [1.807, 2.05) is 0 Å². The molecule has 1 aromatic heterocycles. The molecule has 0 spiro atoms. The second-order valence-corrected chi connectivity index (χ2v) is 2.71. The summed E-state index contributed by atoms with van der Waals surface area (Å²) in [5, 5.41) is 0. The molecule has 0 bridgehead atoms. The Labute approximate surface area is 80.1 Å². The molecule has 1 unspecified atom stereocenters. The maximum atomic E-state index is 10.9. The van der Waals surface area contributed by atoms with Crippen LogP contribution in [0.3, 0.4) is 0 Å². The Hall–Kier alpha value is -1.69. The van der Waals surface area contributed by atoms with Gasteiger partial charge in [-0.3, -0.25) is 9.59 Å². The number of nitrogens with two attached hydrogens (primary N) is 1. The fraction of sp³-hybridized carbons (Fsp3) is 0.375. The van der Waals surface area contributed by atoms with E-state index >= 15 is 0 Å². The molecular weight excluding hydrogens is 186 g/mol. The first-order valence-electron chi connectivity index (χ1n) is 4.01. The number of nitrogens with zero attached hydrogens (tertiary/aromatic N) is 1. The lowest BCUT2D eigenvalue weighted by molar-refractivity contribution is -0.142. The van der Waals surface area contributed by atoms with Gasteiger partial charge < -0.3 is 15.5 Å². The van der Waals surface area contributed by atoms with Crippen molar-refractivity contribution in [1.82, 2.24) is 9.97 Å². The zero-order valence-electron chi connectivity index (χ0n) is 7.69. The number of ether oxygens (including phenoxy) is 1. The highest BCUT2D eigenvalue weighted by Gasteiger charge is 2.15. The lowest BCUT2D eigenvalue weighted by atomic mass is 10.2. The highest BCUT2D eigenvalue weighted by Crippen LogP contribution is 1.93. The third-order valence-corrected chi connectivity index (χ3v) is 1.64. The molecule has 0 radical (unpaired) electrons. The number of carbonyl (C=O) groups excluding carboxylic acids is 1. The van der Waals surface area contributed by atoms with E-state index in [1.54, 1.807) is 0 Å². The number of hydrogen-bond acceptors (Lipinski definition) is 5. The van der Waals surface area contributed by atoms with Crippen molar-refractivity contribution in [2.24, 2.45) is 5.73 Å². The highest BCUT2D eigenvalue weighted by atomic mass is 16.5. The van der Waals surface area contributed by atoms with Gasteiger partial charge in [0.05, 0.1) is 7.11 Å². The maximum absolute atomic E-state index is 10.9. The van der Waals surface area contributed by atoms with E-state index in [0.717, 1.165) is 0 Å². The minimum atomic E-state index is -0.800. The maximum Gasteiger partial charge on any atom is 0.323 e. The fourth-order valence-electron chi connectivity index (χ4n) is 0.958. The number of nitrogens with one attached hydrogen (secondary N) is 1. The molecule has 0 fully saturated rings. The Morgan fingerprint density at radius 2 is 2.50 bits per heavy atom. The molecular formula is C8H11N3O3. The zero-order valence-corrected chi connectivity index (χ0v) is 7.69. The summed E-state index contributed by atoms with van der Waals surface area (Å²) >= 11 is 0. The lowest BCUT2D eigenvalue weighted by Gasteiger charge is -2.07. The minimum Gasteiger partial charge on any atom is -0.468 e.